The van der Waals surface area contributed by atoms with E-state index in [9.17, 15) is 9.59 Å². The molecule has 2 aromatic rings. The molecule has 0 atom stereocenters. The largest absolute Gasteiger partial charge is 0.450 e. The van der Waals surface area contributed by atoms with Crippen molar-refractivity contribution in [2.75, 3.05) is 17.2 Å². The van der Waals surface area contributed by atoms with Crippen molar-refractivity contribution in [2.24, 2.45) is 0 Å². The summed E-state index contributed by atoms with van der Waals surface area (Å²) in [6.45, 7) is 4.00. The molecule has 7 nitrogen and oxygen atoms in total. The van der Waals surface area contributed by atoms with Crippen LogP contribution >= 0.6 is 11.3 Å². The van der Waals surface area contributed by atoms with Gasteiger partial charge in [0.25, 0.3) is 5.91 Å². The van der Waals surface area contributed by atoms with E-state index in [0.717, 1.165) is 11.4 Å². The second-order valence-electron chi connectivity index (χ2n) is 4.23. The van der Waals surface area contributed by atoms with Gasteiger partial charge in [-0.1, -0.05) is 18.3 Å². The molecule has 8 heteroatoms. The molecule has 0 bridgehead atoms. The molecule has 1 heterocycles. The molecule has 0 saturated carbocycles. The van der Waals surface area contributed by atoms with Crippen molar-refractivity contribution in [3.63, 3.8) is 0 Å². The Morgan fingerprint density at radius 2 is 1.86 bits per heavy atom. The summed E-state index contributed by atoms with van der Waals surface area (Å²) in [4.78, 5) is 23.3. The number of hydrogen-bond acceptors (Lipinski definition) is 6. The molecule has 0 aliphatic rings. The first kappa shape index (κ1) is 15.9. The van der Waals surface area contributed by atoms with Gasteiger partial charge in [-0.25, -0.2) is 4.79 Å². The fourth-order valence-corrected chi connectivity index (χ4v) is 2.28. The summed E-state index contributed by atoms with van der Waals surface area (Å²) in [6.07, 6.45) is 0.252. The fourth-order valence-electron chi connectivity index (χ4n) is 1.61. The molecule has 0 aliphatic heterocycles. The molecule has 22 heavy (non-hydrogen) atoms. The highest BCUT2D eigenvalue weighted by Gasteiger charge is 2.10. The van der Waals surface area contributed by atoms with Crippen molar-refractivity contribution in [1.82, 2.24) is 10.2 Å². The first-order valence-corrected chi connectivity index (χ1v) is 7.61. The third kappa shape index (κ3) is 4.26. The van der Waals surface area contributed by atoms with E-state index in [-0.39, 0.29) is 5.91 Å². The molecular weight excluding hydrogens is 304 g/mol. The van der Waals surface area contributed by atoms with Crippen LogP contribution in [0.1, 0.15) is 29.2 Å². The molecule has 2 rings (SSSR count). The van der Waals surface area contributed by atoms with E-state index < -0.39 is 6.09 Å². The Hall–Kier alpha value is -2.48. The first-order valence-electron chi connectivity index (χ1n) is 6.80. The van der Waals surface area contributed by atoms with Crippen molar-refractivity contribution in [2.45, 2.75) is 20.3 Å². The maximum Gasteiger partial charge on any atom is 0.411 e. The molecule has 1 aromatic carbocycles. The lowest BCUT2D eigenvalue weighted by Gasteiger charge is -2.06. The Morgan fingerprint density at radius 3 is 2.45 bits per heavy atom. The molecule has 0 fully saturated rings. The minimum absolute atomic E-state index is 0.276. The van der Waals surface area contributed by atoms with Gasteiger partial charge in [0, 0.05) is 11.3 Å². The lowest BCUT2D eigenvalue weighted by atomic mass is 10.2. The zero-order valence-corrected chi connectivity index (χ0v) is 13.1. The zero-order valence-electron chi connectivity index (χ0n) is 12.3. The average molecular weight is 320 g/mol. The van der Waals surface area contributed by atoms with Gasteiger partial charge in [-0.3, -0.25) is 15.4 Å². The summed E-state index contributed by atoms with van der Waals surface area (Å²) in [7, 11) is 0. The highest BCUT2D eigenvalue weighted by atomic mass is 32.1. The standard InChI is InChI=1S/C14H16N4O3S/c1-3-11-17-18-13(22-11)16-12(19)9-5-7-10(8-6-9)15-14(20)21-4-2/h5-8H,3-4H2,1-2H3,(H,15,20)(H,16,18,19). The van der Waals surface area contributed by atoms with E-state index in [2.05, 4.69) is 20.8 Å². The van der Waals surface area contributed by atoms with Crippen LogP contribution in [0.25, 0.3) is 0 Å². The monoisotopic (exact) mass is 320 g/mol. The third-order valence-electron chi connectivity index (χ3n) is 2.66. The van der Waals surface area contributed by atoms with E-state index in [1.807, 2.05) is 6.92 Å². The van der Waals surface area contributed by atoms with E-state index in [1.165, 1.54) is 11.3 Å². The number of amides is 2. The van der Waals surface area contributed by atoms with E-state index in [0.29, 0.717) is 23.0 Å². The number of nitrogens with zero attached hydrogens (tertiary/aromatic N) is 2. The van der Waals surface area contributed by atoms with Gasteiger partial charge in [0.05, 0.1) is 6.61 Å². The van der Waals surface area contributed by atoms with E-state index in [4.69, 9.17) is 4.74 Å². The highest BCUT2D eigenvalue weighted by Crippen LogP contribution is 2.17. The van der Waals surface area contributed by atoms with Gasteiger partial charge in [0.1, 0.15) is 5.01 Å². The number of benzene rings is 1. The Labute approximate surface area is 131 Å². The summed E-state index contributed by atoms with van der Waals surface area (Å²) in [5.41, 5.74) is 1.02. The average Bonchev–Trinajstić information content (AvgIpc) is 2.95. The predicted octanol–water partition coefficient (Wildman–Crippen LogP) is 2.92. The van der Waals surface area contributed by atoms with Gasteiger partial charge in [0.15, 0.2) is 0 Å². The Balaban J connectivity index is 1.97. The molecular formula is C14H16N4O3S. The van der Waals surface area contributed by atoms with Gasteiger partial charge in [0.2, 0.25) is 5.13 Å². The van der Waals surface area contributed by atoms with Crippen LogP contribution in [0.3, 0.4) is 0 Å². The molecule has 0 spiro atoms. The second kappa shape index (κ2) is 7.51. The molecule has 0 aliphatic carbocycles. The van der Waals surface area contributed by atoms with Crippen molar-refractivity contribution in [3.05, 3.63) is 34.8 Å². The number of nitrogens with one attached hydrogen (secondary N) is 2. The normalized spacial score (nSPS) is 10.1. The SMILES string of the molecule is CCOC(=O)Nc1ccc(C(=O)Nc2nnc(CC)s2)cc1. The Kier molecular flexibility index (Phi) is 5.42. The lowest BCUT2D eigenvalue weighted by Crippen LogP contribution is -2.14. The summed E-state index contributed by atoms with van der Waals surface area (Å²) in [5, 5.41) is 14.4. The number of carbonyl (C=O) groups is 2. The van der Waals surface area contributed by atoms with Crippen molar-refractivity contribution in [1.29, 1.82) is 0 Å². The van der Waals surface area contributed by atoms with Crippen LogP contribution in [0.4, 0.5) is 15.6 Å². The molecule has 1 aromatic heterocycles. The zero-order chi connectivity index (χ0) is 15.9. The van der Waals surface area contributed by atoms with Crippen molar-refractivity contribution >= 4 is 34.2 Å². The number of hydrogen-bond donors (Lipinski definition) is 2. The third-order valence-corrected chi connectivity index (χ3v) is 3.64. The van der Waals surface area contributed by atoms with Crippen molar-refractivity contribution in [3.8, 4) is 0 Å². The number of ether oxygens (including phenoxy) is 1. The van der Waals surface area contributed by atoms with Crippen LogP contribution < -0.4 is 10.6 Å². The predicted molar refractivity (Wildman–Crippen MR) is 84.3 cm³/mol. The van der Waals surface area contributed by atoms with Crippen LogP contribution in [0.2, 0.25) is 0 Å². The van der Waals surface area contributed by atoms with E-state index >= 15 is 0 Å². The minimum Gasteiger partial charge on any atom is -0.450 e. The highest BCUT2D eigenvalue weighted by molar-refractivity contribution is 7.15. The van der Waals surface area contributed by atoms with Crippen LogP contribution in [0.15, 0.2) is 24.3 Å². The maximum atomic E-state index is 12.1. The van der Waals surface area contributed by atoms with Gasteiger partial charge in [-0.2, -0.15) is 0 Å². The number of aryl methyl sites for hydroxylation is 1. The van der Waals surface area contributed by atoms with Gasteiger partial charge < -0.3 is 4.74 Å². The summed E-state index contributed by atoms with van der Waals surface area (Å²) in [6, 6.07) is 6.48. The number of aromatic nitrogens is 2. The molecule has 0 unspecified atom stereocenters. The topological polar surface area (TPSA) is 93.2 Å². The van der Waals surface area contributed by atoms with Gasteiger partial charge >= 0.3 is 6.09 Å². The van der Waals surface area contributed by atoms with Gasteiger partial charge in [-0.05, 0) is 37.6 Å². The molecule has 2 N–H and O–H groups in total. The van der Waals surface area contributed by atoms with Crippen LogP contribution in [0.5, 0.6) is 0 Å². The van der Waals surface area contributed by atoms with E-state index in [1.54, 1.807) is 31.2 Å². The number of carbonyl (C=O) groups excluding carboxylic acids is 2. The molecule has 116 valence electrons. The van der Waals surface area contributed by atoms with Crippen LogP contribution in [0, 0.1) is 0 Å². The summed E-state index contributed by atoms with van der Waals surface area (Å²) in [5.74, 6) is -0.276. The smallest absolute Gasteiger partial charge is 0.411 e. The van der Waals surface area contributed by atoms with Crippen LogP contribution in [-0.4, -0.2) is 28.8 Å². The fraction of sp³-hybridized carbons (Fsp3) is 0.286. The Morgan fingerprint density at radius 1 is 1.14 bits per heavy atom. The summed E-state index contributed by atoms with van der Waals surface area (Å²) < 4.78 is 4.77. The maximum absolute atomic E-state index is 12.1. The minimum atomic E-state index is -0.527. The molecule has 0 saturated heterocycles. The molecule has 0 radical (unpaired) electrons. The number of anilines is 2. The Bertz CT molecular complexity index is 654. The first-order chi connectivity index (χ1) is 10.6. The van der Waals surface area contributed by atoms with Gasteiger partial charge in [-0.15, -0.1) is 10.2 Å². The lowest BCUT2D eigenvalue weighted by molar-refractivity contribution is 0.102. The van der Waals surface area contributed by atoms with Crippen molar-refractivity contribution < 1.29 is 14.3 Å². The number of rotatable bonds is 5. The molecule has 2 amide bonds. The second-order valence-corrected chi connectivity index (χ2v) is 5.29. The van der Waals surface area contributed by atoms with Crippen LogP contribution in [-0.2, 0) is 11.2 Å². The quantitative estimate of drug-likeness (QED) is 0.883. The summed E-state index contributed by atoms with van der Waals surface area (Å²) >= 11 is 1.35.